The number of primary amides is 1. The van der Waals surface area contributed by atoms with Gasteiger partial charge in [0, 0.05) is 18.6 Å². The van der Waals surface area contributed by atoms with E-state index in [2.05, 4.69) is 5.32 Å². The maximum Gasteiger partial charge on any atom is 0.239 e. The summed E-state index contributed by atoms with van der Waals surface area (Å²) in [7, 11) is 0. The van der Waals surface area contributed by atoms with Crippen LogP contribution in [0.3, 0.4) is 0 Å². The van der Waals surface area contributed by atoms with Gasteiger partial charge >= 0.3 is 0 Å². The zero-order valence-electron chi connectivity index (χ0n) is 11.0. The van der Waals surface area contributed by atoms with E-state index in [4.69, 9.17) is 15.2 Å². The van der Waals surface area contributed by atoms with Gasteiger partial charge in [0.2, 0.25) is 5.91 Å². The minimum Gasteiger partial charge on any atom is -0.381 e. The molecule has 0 aromatic heterocycles. The van der Waals surface area contributed by atoms with Gasteiger partial charge in [0.1, 0.15) is 5.54 Å². The average molecular weight is 244 g/mol. The second-order valence-electron chi connectivity index (χ2n) is 5.24. The van der Waals surface area contributed by atoms with Crippen LogP contribution in [0.1, 0.15) is 27.2 Å². The molecule has 1 aliphatic rings. The standard InChI is InChI=1S/C12H24N2O3/c1-9(2)14-12(3,11(13)15)8-17-7-10-4-5-16-6-10/h9-10,14H,4-8H2,1-3H3,(H2,13,15). The van der Waals surface area contributed by atoms with E-state index in [0.29, 0.717) is 19.1 Å². The number of nitrogens with two attached hydrogens (primary N) is 1. The molecular formula is C12H24N2O3. The van der Waals surface area contributed by atoms with Crippen molar-refractivity contribution in [2.45, 2.75) is 38.8 Å². The summed E-state index contributed by atoms with van der Waals surface area (Å²) >= 11 is 0. The van der Waals surface area contributed by atoms with E-state index in [9.17, 15) is 4.79 Å². The number of hydrogen-bond donors (Lipinski definition) is 2. The molecule has 1 amide bonds. The Morgan fingerprint density at radius 2 is 2.35 bits per heavy atom. The Hall–Kier alpha value is -0.650. The first-order valence-corrected chi connectivity index (χ1v) is 6.17. The van der Waals surface area contributed by atoms with Crippen LogP contribution in [0.4, 0.5) is 0 Å². The monoisotopic (exact) mass is 244 g/mol. The maximum absolute atomic E-state index is 11.4. The Morgan fingerprint density at radius 3 is 2.82 bits per heavy atom. The predicted octanol–water partition coefficient (Wildman–Crippen LogP) is 0.282. The Labute approximate surface area is 103 Å². The molecule has 17 heavy (non-hydrogen) atoms. The van der Waals surface area contributed by atoms with Crippen LogP contribution in [-0.2, 0) is 14.3 Å². The van der Waals surface area contributed by atoms with Crippen LogP contribution >= 0.6 is 0 Å². The highest BCUT2D eigenvalue weighted by Gasteiger charge is 2.32. The fourth-order valence-corrected chi connectivity index (χ4v) is 1.97. The minimum absolute atomic E-state index is 0.186. The predicted molar refractivity (Wildman–Crippen MR) is 65.6 cm³/mol. The van der Waals surface area contributed by atoms with Crippen molar-refractivity contribution in [1.82, 2.24) is 5.32 Å². The van der Waals surface area contributed by atoms with Crippen LogP contribution in [0.25, 0.3) is 0 Å². The van der Waals surface area contributed by atoms with Gasteiger partial charge in [-0.25, -0.2) is 0 Å². The fraction of sp³-hybridized carbons (Fsp3) is 0.917. The lowest BCUT2D eigenvalue weighted by molar-refractivity contribution is -0.126. The van der Waals surface area contributed by atoms with E-state index in [1.807, 2.05) is 13.8 Å². The topological polar surface area (TPSA) is 73.6 Å². The highest BCUT2D eigenvalue weighted by Crippen LogP contribution is 2.14. The first-order chi connectivity index (χ1) is 7.94. The summed E-state index contributed by atoms with van der Waals surface area (Å²) in [5, 5.41) is 3.15. The van der Waals surface area contributed by atoms with Crippen molar-refractivity contribution in [3.05, 3.63) is 0 Å². The van der Waals surface area contributed by atoms with Crippen LogP contribution in [0.2, 0.25) is 0 Å². The summed E-state index contributed by atoms with van der Waals surface area (Å²) in [6.07, 6.45) is 1.03. The molecule has 0 bridgehead atoms. The number of ether oxygens (including phenoxy) is 2. The largest absolute Gasteiger partial charge is 0.381 e. The van der Waals surface area contributed by atoms with Crippen LogP contribution < -0.4 is 11.1 Å². The molecule has 1 fully saturated rings. The van der Waals surface area contributed by atoms with E-state index < -0.39 is 5.54 Å². The molecule has 0 aromatic rings. The molecule has 2 unspecified atom stereocenters. The van der Waals surface area contributed by atoms with Gasteiger partial charge in [0.15, 0.2) is 0 Å². The van der Waals surface area contributed by atoms with Gasteiger partial charge in [-0.2, -0.15) is 0 Å². The van der Waals surface area contributed by atoms with Gasteiger partial charge in [0.25, 0.3) is 0 Å². The van der Waals surface area contributed by atoms with Crippen LogP contribution in [0.5, 0.6) is 0 Å². The molecule has 1 heterocycles. The normalized spacial score (nSPS) is 23.9. The average Bonchev–Trinajstić information content (AvgIpc) is 2.69. The summed E-state index contributed by atoms with van der Waals surface area (Å²) < 4.78 is 10.9. The molecule has 1 saturated heterocycles. The number of amides is 1. The van der Waals surface area contributed by atoms with E-state index in [-0.39, 0.29) is 11.9 Å². The molecule has 1 aliphatic heterocycles. The minimum atomic E-state index is -0.798. The first-order valence-electron chi connectivity index (χ1n) is 6.17. The second-order valence-corrected chi connectivity index (χ2v) is 5.24. The molecule has 3 N–H and O–H groups in total. The molecule has 2 atom stereocenters. The smallest absolute Gasteiger partial charge is 0.239 e. The van der Waals surface area contributed by atoms with Crippen molar-refractivity contribution in [3.63, 3.8) is 0 Å². The quantitative estimate of drug-likeness (QED) is 0.674. The van der Waals surface area contributed by atoms with E-state index >= 15 is 0 Å². The van der Waals surface area contributed by atoms with Gasteiger partial charge < -0.3 is 15.2 Å². The Morgan fingerprint density at radius 1 is 1.65 bits per heavy atom. The molecule has 1 rings (SSSR count). The third-order valence-electron chi connectivity index (χ3n) is 2.92. The van der Waals surface area contributed by atoms with Crippen molar-refractivity contribution >= 4 is 5.91 Å². The van der Waals surface area contributed by atoms with Crippen molar-refractivity contribution < 1.29 is 14.3 Å². The molecule has 5 heteroatoms. The molecule has 0 spiro atoms. The van der Waals surface area contributed by atoms with Gasteiger partial charge in [-0.1, -0.05) is 0 Å². The summed E-state index contributed by atoms with van der Waals surface area (Å²) in [4.78, 5) is 11.4. The zero-order chi connectivity index (χ0) is 12.9. The molecule has 5 nitrogen and oxygen atoms in total. The summed E-state index contributed by atoms with van der Waals surface area (Å²) in [5.74, 6) is 0.0695. The number of carbonyl (C=O) groups is 1. The van der Waals surface area contributed by atoms with Crippen molar-refractivity contribution in [3.8, 4) is 0 Å². The lowest BCUT2D eigenvalue weighted by Crippen LogP contribution is -2.58. The van der Waals surface area contributed by atoms with Crippen LogP contribution in [0.15, 0.2) is 0 Å². The van der Waals surface area contributed by atoms with E-state index in [1.165, 1.54) is 0 Å². The molecular weight excluding hydrogens is 220 g/mol. The maximum atomic E-state index is 11.4. The molecule has 0 saturated carbocycles. The highest BCUT2D eigenvalue weighted by molar-refractivity contribution is 5.84. The first kappa shape index (κ1) is 14.4. The zero-order valence-corrected chi connectivity index (χ0v) is 11.0. The number of nitrogens with one attached hydrogen (secondary N) is 1. The number of carbonyl (C=O) groups excluding carboxylic acids is 1. The van der Waals surface area contributed by atoms with Crippen LogP contribution in [-0.4, -0.2) is 43.9 Å². The van der Waals surface area contributed by atoms with Crippen molar-refractivity contribution in [1.29, 1.82) is 0 Å². The second kappa shape index (κ2) is 6.33. The van der Waals surface area contributed by atoms with E-state index in [0.717, 1.165) is 19.6 Å². The molecule has 0 aromatic carbocycles. The third-order valence-corrected chi connectivity index (χ3v) is 2.92. The van der Waals surface area contributed by atoms with Crippen molar-refractivity contribution in [2.24, 2.45) is 11.7 Å². The Bertz CT molecular complexity index is 252. The molecule has 0 aliphatic carbocycles. The third kappa shape index (κ3) is 4.61. The highest BCUT2D eigenvalue weighted by atomic mass is 16.5. The van der Waals surface area contributed by atoms with E-state index in [1.54, 1.807) is 6.92 Å². The number of hydrogen-bond acceptors (Lipinski definition) is 4. The lowest BCUT2D eigenvalue weighted by atomic mass is 10.0. The Kier molecular flexibility index (Phi) is 5.36. The Balaban J connectivity index is 2.35. The lowest BCUT2D eigenvalue weighted by Gasteiger charge is -2.29. The molecule has 0 radical (unpaired) electrons. The number of rotatable bonds is 7. The summed E-state index contributed by atoms with van der Waals surface area (Å²) in [6.45, 7) is 8.23. The fourth-order valence-electron chi connectivity index (χ4n) is 1.97. The van der Waals surface area contributed by atoms with Gasteiger partial charge in [0.05, 0.1) is 19.8 Å². The SMILES string of the molecule is CC(C)NC(C)(COCC1CCOC1)C(N)=O. The van der Waals surface area contributed by atoms with Gasteiger partial charge in [-0.15, -0.1) is 0 Å². The van der Waals surface area contributed by atoms with Gasteiger partial charge in [-0.3, -0.25) is 10.1 Å². The summed E-state index contributed by atoms with van der Waals surface area (Å²) in [5.41, 5.74) is 4.61. The summed E-state index contributed by atoms with van der Waals surface area (Å²) in [6, 6.07) is 0.186. The van der Waals surface area contributed by atoms with Crippen LogP contribution in [0, 0.1) is 5.92 Å². The van der Waals surface area contributed by atoms with Gasteiger partial charge in [-0.05, 0) is 27.2 Å². The van der Waals surface area contributed by atoms with Crippen molar-refractivity contribution in [2.75, 3.05) is 26.4 Å². The molecule has 100 valence electrons.